The third-order valence-electron chi connectivity index (χ3n) is 5.09. The van der Waals surface area contributed by atoms with Crippen molar-refractivity contribution in [2.24, 2.45) is 0 Å². The van der Waals surface area contributed by atoms with E-state index in [0.29, 0.717) is 19.6 Å². The van der Waals surface area contributed by atoms with Crippen LogP contribution in [-0.2, 0) is 29.0 Å². The summed E-state index contributed by atoms with van der Waals surface area (Å²) in [4.78, 5) is 26.4. The molecule has 1 aromatic rings. The zero-order valence-electron chi connectivity index (χ0n) is 16.0. The number of carbonyl (C=O) groups excluding carboxylic acids is 1. The topological polar surface area (TPSA) is 58.6 Å². The molecule has 26 heavy (non-hydrogen) atoms. The molecule has 3 heterocycles. The molecule has 0 aromatic carbocycles. The summed E-state index contributed by atoms with van der Waals surface area (Å²) in [5, 5.41) is 0. The molecule has 142 valence electrons. The van der Waals surface area contributed by atoms with Gasteiger partial charge in [0.05, 0.1) is 5.69 Å². The fourth-order valence-corrected chi connectivity index (χ4v) is 3.67. The molecule has 0 N–H and O–H groups in total. The zero-order valence-corrected chi connectivity index (χ0v) is 16.0. The number of fused-ring (bicyclic) bond motifs is 1. The van der Waals surface area contributed by atoms with Gasteiger partial charge >= 0.3 is 0 Å². The molecular formula is C20H30N4O2. The van der Waals surface area contributed by atoms with Crippen molar-refractivity contribution in [3.63, 3.8) is 0 Å². The smallest absolute Gasteiger partial charge is 0.226 e. The first-order valence-electron chi connectivity index (χ1n) is 9.83. The van der Waals surface area contributed by atoms with Gasteiger partial charge in [0, 0.05) is 51.2 Å². The number of amides is 1. The van der Waals surface area contributed by atoms with Crippen LogP contribution < -0.4 is 4.90 Å². The lowest BCUT2D eigenvalue weighted by atomic mass is 10.1. The number of anilines is 1. The predicted octanol–water partition coefficient (Wildman–Crippen LogP) is 2.51. The average molecular weight is 358 g/mol. The monoisotopic (exact) mass is 358 g/mol. The summed E-state index contributed by atoms with van der Waals surface area (Å²) in [6, 6.07) is 0. The molecule has 2 aliphatic heterocycles. The SMILES string of the molecule is CC=CCC(=O)N1CCc2nc(COCC)nc(N3CCCC3)c2CC1. The normalized spacial score (nSPS) is 17.6. The maximum absolute atomic E-state index is 12.4. The Morgan fingerprint density at radius 3 is 2.65 bits per heavy atom. The lowest BCUT2D eigenvalue weighted by Crippen LogP contribution is -2.32. The number of ether oxygens (including phenoxy) is 1. The fraction of sp³-hybridized carbons (Fsp3) is 0.650. The van der Waals surface area contributed by atoms with Crippen molar-refractivity contribution in [2.45, 2.75) is 52.6 Å². The summed E-state index contributed by atoms with van der Waals surface area (Å²) in [6.07, 6.45) is 8.39. The molecule has 2 aliphatic rings. The van der Waals surface area contributed by atoms with E-state index < -0.39 is 0 Å². The van der Waals surface area contributed by atoms with Gasteiger partial charge in [0.2, 0.25) is 5.91 Å². The molecule has 0 spiro atoms. The van der Waals surface area contributed by atoms with Crippen LogP contribution in [-0.4, -0.2) is 53.6 Å². The number of aromatic nitrogens is 2. The van der Waals surface area contributed by atoms with Gasteiger partial charge in [0.15, 0.2) is 5.82 Å². The molecule has 0 aliphatic carbocycles. The van der Waals surface area contributed by atoms with Gasteiger partial charge in [-0.2, -0.15) is 0 Å². The van der Waals surface area contributed by atoms with Crippen LogP contribution in [0.15, 0.2) is 12.2 Å². The van der Waals surface area contributed by atoms with Crippen molar-refractivity contribution in [3.05, 3.63) is 29.2 Å². The minimum Gasteiger partial charge on any atom is -0.374 e. The number of carbonyl (C=O) groups is 1. The molecule has 0 bridgehead atoms. The molecule has 1 aromatic heterocycles. The van der Waals surface area contributed by atoms with E-state index in [1.165, 1.54) is 18.4 Å². The number of rotatable bonds is 6. The van der Waals surface area contributed by atoms with E-state index in [2.05, 4.69) is 4.90 Å². The Hall–Kier alpha value is -1.95. The van der Waals surface area contributed by atoms with Gasteiger partial charge in [-0.1, -0.05) is 12.2 Å². The van der Waals surface area contributed by atoms with Gasteiger partial charge in [0.25, 0.3) is 0 Å². The Morgan fingerprint density at radius 1 is 1.15 bits per heavy atom. The summed E-state index contributed by atoms with van der Waals surface area (Å²) >= 11 is 0. The highest BCUT2D eigenvalue weighted by molar-refractivity contribution is 5.77. The molecule has 3 rings (SSSR count). The molecule has 1 amide bonds. The molecular weight excluding hydrogens is 328 g/mol. The van der Waals surface area contributed by atoms with Crippen LogP contribution in [0, 0.1) is 0 Å². The van der Waals surface area contributed by atoms with Crippen LogP contribution in [0.1, 0.15) is 50.2 Å². The molecule has 0 unspecified atom stereocenters. The second-order valence-corrected chi connectivity index (χ2v) is 6.87. The lowest BCUT2D eigenvalue weighted by molar-refractivity contribution is -0.130. The van der Waals surface area contributed by atoms with E-state index in [0.717, 1.165) is 56.4 Å². The van der Waals surface area contributed by atoms with Crippen molar-refractivity contribution >= 4 is 11.7 Å². The largest absolute Gasteiger partial charge is 0.374 e. The van der Waals surface area contributed by atoms with Gasteiger partial charge in [-0.05, 0) is 33.1 Å². The molecule has 6 heteroatoms. The van der Waals surface area contributed by atoms with Crippen molar-refractivity contribution in [3.8, 4) is 0 Å². The first-order valence-corrected chi connectivity index (χ1v) is 9.83. The van der Waals surface area contributed by atoms with Gasteiger partial charge in [-0.3, -0.25) is 4.79 Å². The Morgan fingerprint density at radius 2 is 1.92 bits per heavy atom. The standard InChI is InChI=1S/C20H30N4O2/c1-3-5-8-19(25)23-13-9-16-17(10-14-23)21-18(15-26-4-2)22-20(16)24-11-6-7-12-24/h3,5H,4,6-15H2,1-2H3. The van der Waals surface area contributed by atoms with E-state index in [1.807, 2.05) is 30.9 Å². The van der Waals surface area contributed by atoms with Gasteiger partial charge < -0.3 is 14.5 Å². The number of hydrogen-bond donors (Lipinski definition) is 0. The third-order valence-corrected chi connectivity index (χ3v) is 5.09. The van der Waals surface area contributed by atoms with Crippen LogP contribution in [0.5, 0.6) is 0 Å². The average Bonchev–Trinajstić information content (AvgIpc) is 3.10. The van der Waals surface area contributed by atoms with Crippen LogP contribution in [0.2, 0.25) is 0 Å². The Kier molecular flexibility index (Phi) is 6.61. The quantitative estimate of drug-likeness (QED) is 0.731. The Balaban J connectivity index is 1.83. The molecule has 0 saturated carbocycles. The summed E-state index contributed by atoms with van der Waals surface area (Å²) in [7, 11) is 0. The van der Waals surface area contributed by atoms with E-state index >= 15 is 0 Å². The summed E-state index contributed by atoms with van der Waals surface area (Å²) < 4.78 is 5.55. The highest BCUT2D eigenvalue weighted by Crippen LogP contribution is 2.27. The summed E-state index contributed by atoms with van der Waals surface area (Å²) in [5.41, 5.74) is 2.33. The Bertz CT molecular complexity index is 653. The lowest BCUT2D eigenvalue weighted by Gasteiger charge is -2.22. The zero-order chi connectivity index (χ0) is 18.4. The van der Waals surface area contributed by atoms with Gasteiger partial charge in [-0.15, -0.1) is 0 Å². The first-order chi connectivity index (χ1) is 12.7. The van der Waals surface area contributed by atoms with E-state index in [4.69, 9.17) is 14.7 Å². The Labute approximate surface area is 156 Å². The number of hydrogen-bond acceptors (Lipinski definition) is 5. The van der Waals surface area contributed by atoms with Crippen molar-refractivity contribution in [1.29, 1.82) is 0 Å². The van der Waals surface area contributed by atoms with E-state index in [9.17, 15) is 4.79 Å². The number of nitrogens with zero attached hydrogens (tertiary/aromatic N) is 4. The summed E-state index contributed by atoms with van der Waals surface area (Å²) in [6.45, 7) is 8.64. The second kappa shape index (κ2) is 9.12. The minimum atomic E-state index is 0.195. The second-order valence-electron chi connectivity index (χ2n) is 6.87. The maximum atomic E-state index is 12.4. The van der Waals surface area contributed by atoms with Crippen LogP contribution >= 0.6 is 0 Å². The molecule has 6 nitrogen and oxygen atoms in total. The van der Waals surface area contributed by atoms with Crippen molar-refractivity contribution < 1.29 is 9.53 Å². The van der Waals surface area contributed by atoms with E-state index in [1.54, 1.807) is 0 Å². The highest BCUT2D eigenvalue weighted by atomic mass is 16.5. The highest BCUT2D eigenvalue weighted by Gasteiger charge is 2.25. The molecule has 1 saturated heterocycles. The number of allylic oxidation sites excluding steroid dienone is 1. The van der Waals surface area contributed by atoms with E-state index in [-0.39, 0.29) is 5.91 Å². The minimum absolute atomic E-state index is 0.195. The third kappa shape index (κ3) is 4.41. The van der Waals surface area contributed by atoms with Gasteiger partial charge in [0.1, 0.15) is 12.4 Å². The predicted molar refractivity (Wildman–Crippen MR) is 102 cm³/mol. The molecule has 0 atom stereocenters. The molecule has 0 radical (unpaired) electrons. The van der Waals surface area contributed by atoms with Crippen LogP contribution in [0.25, 0.3) is 0 Å². The maximum Gasteiger partial charge on any atom is 0.226 e. The summed E-state index contributed by atoms with van der Waals surface area (Å²) in [5.74, 6) is 2.03. The fourth-order valence-electron chi connectivity index (χ4n) is 3.67. The van der Waals surface area contributed by atoms with Crippen molar-refractivity contribution in [2.75, 3.05) is 37.7 Å². The van der Waals surface area contributed by atoms with Crippen LogP contribution in [0.4, 0.5) is 5.82 Å². The van der Waals surface area contributed by atoms with Crippen molar-refractivity contribution in [1.82, 2.24) is 14.9 Å². The van der Waals surface area contributed by atoms with Crippen LogP contribution in [0.3, 0.4) is 0 Å². The molecule has 1 fully saturated rings. The first kappa shape index (κ1) is 18.8. The van der Waals surface area contributed by atoms with Gasteiger partial charge in [-0.25, -0.2) is 9.97 Å².